The van der Waals surface area contributed by atoms with Gasteiger partial charge < -0.3 is 9.67 Å². The Morgan fingerprint density at radius 2 is 2.14 bits per heavy atom. The SMILES string of the molecule is Cc1cc(C2=CCC(C#N)C=C2)c(C(F)(F)F)n1Cc1cnc(Cl)c(CO)c1. The number of aliphatic hydroxyl groups excluding tert-OH is 1. The van der Waals surface area contributed by atoms with E-state index in [0.717, 1.165) is 0 Å². The van der Waals surface area contributed by atoms with Crippen molar-refractivity contribution >= 4 is 17.2 Å². The minimum absolute atomic E-state index is 0.0599. The summed E-state index contributed by atoms with van der Waals surface area (Å²) >= 11 is 5.87. The highest BCUT2D eigenvalue weighted by atomic mass is 35.5. The van der Waals surface area contributed by atoms with Crippen LogP contribution < -0.4 is 0 Å². The number of hydrogen-bond acceptors (Lipinski definition) is 3. The summed E-state index contributed by atoms with van der Waals surface area (Å²) in [4.78, 5) is 3.94. The first kappa shape index (κ1) is 20.2. The Morgan fingerprint density at radius 1 is 1.39 bits per heavy atom. The Morgan fingerprint density at radius 3 is 2.71 bits per heavy atom. The molecule has 2 aromatic rings. The summed E-state index contributed by atoms with van der Waals surface area (Å²) in [6, 6.07) is 5.14. The van der Waals surface area contributed by atoms with E-state index in [1.54, 1.807) is 31.2 Å². The van der Waals surface area contributed by atoms with Gasteiger partial charge in [0.05, 0.1) is 18.6 Å². The number of allylic oxidation sites excluding steroid dienone is 4. The van der Waals surface area contributed by atoms with Gasteiger partial charge in [-0.3, -0.25) is 0 Å². The van der Waals surface area contributed by atoms with Crippen molar-refractivity contribution < 1.29 is 18.3 Å². The third-order valence-electron chi connectivity index (χ3n) is 4.63. The van der Waals surface area contributed by atoms with Crippen LogP contribution in [0.5, 0.6) is 0 Å². The maximum absolute atomic E-state index is 13.9. The van der Waals surface area contributed by atoms with Crippen LogP contribution >= 0.6 is 11.6 Å². The molecule has 0 fully saturated rings. The normalized spacial score (nSPS) is 16.8. The van der Waals surface area contributed by atoms with Crippen molar-refractivity contribution in [2.75, 3.05) is 0 Å². The van der Waals surface area contributed by atoms with Crippen molar-refractivity contribution in [3.63, 3.8) is 0 Å². The second kappa shape index (κ2) is 7.82. The Labute approximate surface area is 165 Å². The lowest BCUT2D eigenvalue weighted by Crippen LogP contribution is -2.17. The number of aromatic nitrogens is 2. The summed E-state index contributed by atoms with van der Waals surface area (Å²) in [7, 11) is 0. The number of halogens is 4. The summed E-state index contributed by atoms with van der Waals surface area (Å²) in [5, 5.41) is 18.4. The third-order valence-corrected chi connectivity index (χ3v) is 4.97. The Balaban J connectivity index is 2.06. The lowest BCUT2D eigenvalue weighted by molar-refractivity contribution is -0.143. The van der Waals surface area contributed by atoms with Gasteiger partial charge in [-0.1, -0.05) is 29.8 Å². The van der Waals surface area contributed by atoms with Crippen molar-refractivity contribution in [1.29, 1.82) is 5.26 Å². The average Bonchev–Trinajstić information content (AvgIpc) is 3.00. The highest BCUT2D eigenvalue weighted by molar-refractivity contribution is 6.30. The minimum Gasteiger partial charge on any atom is -0.392 e. The number of pyridine rings is 1. The highest BCUT2D eigenvalue weighted by Crippen LogP contribution is 2.39. The van der Waals surface area contributed by atoms with E-state index in [1.807, 2.05) is 0 Å². The molecule has 0 aromatic carbocycles. The van der Waals surface area contributed by atoms with E-state index in [2.05, 4.69) is 11.1 Å². The van der Waals surface area contributed by atoms with E-state index < -0.39 is 11.9 Å². The van der Waals surface area contributed by atoms with Crippen LogP contribution in [0.15, 0.2) is 36.6 Å². The van der Waals surface area contributed by atoms with Gasteiger partial charge in [-0.2, -0.15) is 18.4 Å². The molecule has 4 nitrogen and oxygen atoms in total. The summed E-state index contributed by atoms with van der Waals surface area (Å²) in [5.74, 6) is -0.321. The Kier molecular flexibility index (Phi) is 5.64. The molecule has 0 saturated carbocycles. The van der Waals surface area contributed by atoms with Gasteiger partial charge in [0.25, 0.3) is 0 Å². The first-order valence-corrected chi connectivity index (χ1v) is 8.92. The second-order valence-electron chi connectivity index (χ2n) is 6.57. The molecule has 0 aliphatic heterocycles. The smallest absolute Gasteiger partial charge is 0.392 e. The van der Waals surface area contributed by atoms with Gasteiger partial charge in [0.1, 0.15) is 10.8 Å². The predicted octanol–water partition coefficient (Wildman–Crippen LogP) is 4.89. The number of nitriles is 1. The molecule has 0 amide bonds. The molecule has 1 N–H and O–H groups in total. The van der Waals surface area contributed by atoms with E-state index in [1.165, 1.54) is 16.8 Å². The molecule has 0 spiro atoms. The average molecular weight is 408 g/mol. The predicted molar refractivity (Wildman–Crippen MR) is 99.3 cm³/mol. The van der Waals surface area contributed by atoms with Crippen LogP contribution in [0.25, 0.3) is 5.57 Å². The van der Waals surface area contributed by atoms with Gasteiger partial charge in [-0.15, -0.1) is 0 Å². The van der Waals surface area contributed by atoms with Crippen LogP contribution in [0.4, 0.5) is 13.2 Å². The number of rotatable bonds is 4. The first-order valence-electron chi connectivity index (χ1n) is 8.54. The van der Waals surface area contributed by atoms with Gasteiger partial charge in [0.15, 0.2) is 0 Å². The first-order chi connectivity index (χ1) is 13.2. The molecule has 1 aliphatic carbocycles. The fourth-order valence-electron chi connectivity index (χ4n) is 3.25. The van der Waals surface area contributed by atoms with Crippen LogP contribution in [-0.2, 0) is 19.3 Å². The molecule has 1 unspecified atom stereocenters. The molecule has 1 atom stereocenters. The van der Waals surface area contributed by atoms with Crippen molar-refractivity contribution in [3.05, 3.63) is 69.8 Å². The lowest BCUT2D eigenvalue weighted by atomic mass is 9.93. The summed E-state index contributed by atoms with van der Waals surface area (Å²) in [6.07, 6.45) is 2.07. The van der Waals surface area contributed by atoms with Gasteiger partial charge in [0, 0.05) is 29.6 Å². The molecule has 2 heterocycles. The largest absolute Gasteiger partial charge is 0.432 e. The summed E-state index contributed by atoms with van der Waals surface area (Å²) in [6.45, 7) is 1.20. The maximum atomic E-state index is 13.9. The topological polar surface area (TPSA) is 61.8 Å². The number of nitrogens with zero attached hydrogens (tertiary/aromatic N) is 3. The van der Waals surface area contributed by atoms with Crippen molar-refractivity contribution in [2.45, 2.75) is 32.7 Å². The monoisotopic (exact) mass is 407 g/mol. The molecule has 3 rings (SSSR count). The van der Waals surface area contributed by atoms with Crippen molar-refractivity contribution in [1.82, 2.24) is 9.55 Å². The van der Waals surface area contributed by atoms with E-state index in [9.17, 15) is 18.3 Å². The summed E-state index contributed by atoms with van der Waals surface area (Å²) < 4.78 is 43.0. The van der Waals surface area contributed by atoms with Crippen LogP contribution in [0.3, 0.4) is 0 Å². The fraction of sp³-hybridized carbons (Fsp3) is 0.300. The van der Waals surface area contributed by atoms with Crippen molar-refractivity contribution in [2.24, 2.45) is 5.92 Å². The zero-order valence-corrected chi connectivity index (χ0v) is 15.7. The highest BCUT2D eigenvalue weighted by Gasteiger charge is 2.39. The molecule has 0 saturated heterocycles. The number of hydrogen-bond donors (Lipinski definition) is 1. The van der Waals surface area contributed by atoms with Gasteiger partial charge >= 0.3 is 6.18 Å². The minimum atomic E-state index is -4.57. The van der Waals surface area contributed by atoms with E-state index in [4.69, 9.17) is 16.9 Å². The molecular formula is C20H17ClF3N3O. The number of alkyl halides is 3. The number of aryl methyl sites for hydroxylation is 1. The fourth-order valence-corrected chi connectivity index (χ4v) is 3.41. The third kappa shape index (κ3) is 3.98. The van der Waals surface area contributed by atoms with E-state index in [-0.39, 0.29) is 29.8 Å². The zero-order chi connectivity index (χ0) is 20.5. The Hall–Kier alpha value is -2.56. The van der Waals surface area contributed by atoms with Crippen LogP contribution in [0.1, 0.15) is 34.5 Å². The number of aliphatic hydroxyl groups is 1. The molecule has 146 valence electrons. The van der Waals surface area contributed by atoms with Crippen LogP contribution in [0, 0.1) is 24.2 Å². The quantitative estimate of drug-likeness (QED) is 0.734. The van der Waals surface area contributed by atoms with Gasteiger partial charge in [-0.25, -0.2) is 4.98 Å². The summed E-state index contributed by atoms with van der Waals surface area (Å²) in [5.41, 5.74) is 1.09. The van der Waals surface area contributed by atoms with Gasteiger partial charge in [-0.05, 0) is 36.6 Å². The molecule has 1 aliphatic rings. The van der Waals surface area contributed by atoms with Crippen molar-refractivity contribution in [3.8, 4) is 6.07 Å². The second-order valence-corrected chi connectivity index (χ2v) is 6.93. The molecule has 0 bridgehead atoms. The lowest BCUT2D eigenvalue weighted by Gasteiger charge is -2.17. The molecule has 0 radical (unpaired) electrons. The molecule has 28 heavy (non-hydrogen) atoms. The molecule has 8 heteroatoms. The standard InChI is InChI=1S/C20H17ClF3N3O/c1-12-6-17(15-4-2-13(8-25)3-5-15)18(20(22,23)24)27(12)10-14-7-16(11-28)19(21)26-9-14/h2,4-7,9,13,28H,3,10-11H2,1H3. The van der Waals surface area contributed by atoms with E-state index >= 15 is 0 Å². The molecular weight excluding hydrogens is 391 g/mol. The maximum Gasteiger partial charge on any atom is 0.432 e. The van der Waals surface area contributed by atoms with Crippen LogP contribution in [0.2, 0.25) is 5.15 Å². The zero-order valence-electron chi connectivity index (χ0n) is 15.0. The van der Waals surface area contributed by atoms with Gasteiger partial charge in [0.2, 0.25) is 0 Å². The molecule has 2 aromatic heterocycles. The van der Waals surface area contributed by atoms with Crippen LogP contribution in [-0.4, -0.2) is 14.7 Å². The Bertz CT molecular complexity index is 999. The van der Waals surface area contributed by atoms with E-state index in [0.29, 0.717) is 28.8 Å².